The van der Waals surface area contributed by atoms with E-state index >= 15 is 0 Å². The van der Waals surface area contributed by atoms with Crippen LogP contribution in [0.2, 0.25) is 0 Å². The topological polar surface area (TPSA) is 100.0 Å². The lowest BCUT2D eigenvalue weighted by Crippen LogP contribution is -2.39. The van der Waals surface area contributed by atoms with Crippen molar-refractivity contribution in [1.29, 1.82) is 5.26 Å². The van der Waals surface area contributed by atoms with Crippen molar-refractivity contribution < 1.29 is 4.79 Å². The highest BCUT2D eigenvalue weighted by atomic mass is 16.1. The van der Waals surface area contributed by atoms with Crippen LogP contribution >= 0.6 is 0 Å². The van der Waals surface area contributed by atoms with Crippen molar-refractivity contribution in [3.63, 3.8) is 0 Å². The Morgan fingerprint density at radius 3 is 2.79 bits per heavy atom. The molecule has 1 aliphatic heterocycles. The number of rotatable bonds is 7. The molecule has 1 amide bonds. The minimum atomic E-state index is -0.286. The minimum Gasteiger partial charge on any atom is -0.332 e. The molecule has 1 saturated heterocycles. The Labute approximate surface area is 194 Å². The fraction of sp³-hybridized carbons (Fsp3) is 0.346. The van der Waals surface area contributed by atoms with Gasteiger partial charge in [0.05, 0.1) is 0 Å². The third-order valence-electron chi connectivity index (χ3n) is 6.49. The van der Waals surface area contributed by atoms with Crippen LogP contribution in [0.1, 0.15) is 35.2 Å². The zero-order chi connectivity index (χ0) is 23.4. The van der Waals surface area contributed by atoms with Gasteiger partial charge in [-0.25, -0.2) is 4.98 Å². The molecular formula is C26H30N6O. The minimum absolute atomic E-state index is 0.286. The summed E-state index contributed by atoms with van der Waals surface area (Å²) in [5, 5.41) is 13.5. The maximum atomic E-state index is 11.4. The third kappa shape index (κ3) is 5.14. The number of likely N-dealkylation sites (tertiary alicyclic amines) is 1. The van der Waals surface area contributed by atoms with Crippen molar-refractivity contribution in [3.05, 3.63) is 71.6 Å². The van der Waals surface area contributed by atoms with E-state index in [1.807, 2.05) is 12.1 Å². The summed E-state index contributed by atoms with van der Waals surface area (Å²) in [6, 6.07) is 12.7. The average molecular weight is 443 g/mol. The molecule has 170 valence electrons. The standard InChI is InChI=1S/C26H30N6O/c1-3-26(33)30-25-7-4-19(16-29-25)8-13-32-22(15-27)14-23-18(2)20(5-6-24(23)32)17-31-11-9-21(28)10-12-31/h3-7,14,16,21H,1,8-13,17,28H2,2H3,(H,29,30,33). The Hall–Kier alpha value is -3.47. The fourth-order valence-electron chi connectivity index (χ4n) is 4.44. The fourth-order valence-corrected chi connectivity index (χ4v) is 4.44. The van der Waals surface area contributed by atoms with Crippen LogP contribution < -0.4 is 11.1 Å². The van der Waals surface area contributed by atoms with Gasteiger partial charge in [0.15, 0.2) is 0 Å². The molecule has 1 aliphatic rings. The van der Waals surface area contributed by atoms with Gasteiger partial charge in [-0.2, -0.15) is 5.26 Å². The van der Waals surface area contributed by atoms with Crippen molar-refractivity contribution in [1.82, 2.24) is 14.5 Å². The van der Waals surface area contributed by atoms with E-state index in [0.29, 0.717) is 24.1 Å². The molecule has 33 heavy (non-hydrogen) atoms. The van der Waals surface area contributed by atoms with Gasteiger partial charge in [-0.1, -0.05) is 18.7 Å². The number of nitrogens with zero attached hydrogens (tertiary/aromatic N) is 4. The average Bonchev–Trinajstić information content (AvgIpc) is 3.20. The summed E-state index contributed by atoms with van der Waals surface area (Å²) in [4.78, 5) is 18.2. The molecule has 0 bridgehead atoms. The van der Waals surface area contributed by atoms with Gasteiger partial charge in [-0.05, 0) is 80.2 Å². The summed E-state index contributed by atoms with van der Waals surface area (Å²) in [6.45, 7) is 9.26. The zero-order valence-corrected chi connectivity index (χ0v) is 19.1. The van der Waals surface area contributed by atoms with Gasteiger partial charge in [-0.3, -0.25) is 9.69 Å². The highest BCUT2D eigenvalue weighted by Crippen LogP contribution is 2.27. The molecule has 0 spiro atoms. The molecule has 1 aromatic carbocycles. The Balaban J connectivity index is 1.50. The number of carbonyl (C=O) groups is 1. The predicted octanol–water partition coefficient (Wildman–Crippen LogP) is 3.51. The lowest BCUT2D eigenvalue weighted by molar-refractivity contribution is -0.111. The zero-order valence-electron chi connectivity index (χ0n) is 19.1. The number of piperidine rings is 1. The molecule has 7 nitrogen and oxygen atoms in total. The Morgan fingerprint density at radius 1 is 1.33 bits per heavy atom. The number of benzene rings is 1. The first-order valence-electron chi connectivity index (χ1n) is 11.4. The lowest BCUT2D eigenvalue weighted by Gasteiger charge is -2.30. The number of fused-ring (bicyclic) bond motifs is 1. The molecule has 0 saturated carbocycles. The number of anilines is 1. The van der Waals surface area contributed by atoms with E-state index in [0.717, 1.165) is 55.4 Å². The molecular weight excluding hydrogens is 412 g/mol. The lowest BCUT2D eigenvalue weighted by atomic mass is 10.0. The molecule has 0 unspecified atom stereocenters. The van der Waals surface area contributed by atoms with E-state index in [1.165, 1.54) is 17.2 Å². The monoisotopic (exact) mass is 442 g/mol. The van der Waals surface area contributed by atoms with Crippen LogP contribution in [0.15, 0.2) is 49.2 Å². The van der Waals surface area contributed by atoms with Crippen LogP contribution in [0.25, 0.3) is 10.9 Å². The first-order chi connectivity index (χ1) is 16.0. The molecule has 0 aliphatic carbocycles. The highest BCUT2D eigenvalue weighted by Gasteiger charge is 2.18. The second-order valence-corrected chi connectivity index (χ2v) is 8.68. The summed E-state index contributed by atoms with van der Waals surface area (Å²) >= 11 is 0. The molecule has 3 aromatic rings. The molecule has 1 fully saturated rings. The maximum absolute atomic E-state index is 11.4. The molecule has 3 N–H and O–H groups in total. The number of nitrogens with two attached hydrogens (primary N) is 1. The van der Waals surface area contributed by atoms with Crippen molar-refractivity contribution in [2.45, 2.75) is 45.3 Å². The number of aryl methyl sites for hydroxylation is 3. The number of aromatic nitrogens is 2. The second-order valence-electron chi connectivity index (χ2n) is 8.68. The van der Waals surface area contributed by atoms with Crippen molar-refractivity contribution >= 4 is 22.6 Å². The number of hydrogen-bond acceptors (Lipinski definition) is 5. The van der Waals surface area contributed by atoms with Crippen LogP contribution in [0.4, 0.5) is 5.82 Å². The van der Waals surface area contributed by atoms with Gasteiger partial charge in [0.2, 0.25) is 5.91 Å². The SMILES string of the molecule is C=CC(=O)Nc1ccc(CCn2c(C#N)cc3c(C)c(CN4CCC(N)CC4)ccc32)cn1. The van der Waals surface area contributed by atoms with Gasteiger partial charge >= 0.3 is 0 Å². The van der Waals surface area contributed by atoms with Crippen LogP contribution in [-0.2, 0) is 24.3 Å². The van der Waals surface area contributed by atoms with Gasteiger partial charge in [0, 0.05) is 36.2 Å². The molecule has 2 aromatic heterocycles. The van der Waals surface area contributed by atoms with Crippen LogP contribution in [0.5, 0.6) is 0 Å². The number of carbonyl (C=O) groups excluding carboxylic acids is 1. The van der Waals surface area contributed by atoms with Crippen LogP contribution in [0.3, 0.4) is 0 Å². The van der Waals surface area contributed by atoms with Crippen molar-refractivity contribution in [2.24, 2.45) is 5.73 Å². The molecule has 0 radical (unpaired) electrons. The van der Waals surface area contributed by atoms with E-state index in [1.54, 1.807) is 12.3 Å². The molecule has 0 atom stereocenters. The van der Waals surface area contributed by atoms with E-state index < -0.39 is 0 Å². The van der Waals surface area contributed by atoms with Gasteiger partial charge < -0.3 is 15.6 Å². The number of nitriles is 1. The van der Waals surface area contributed by atoms with E-state index in [4.69, 9.17) is 5.73 Å². The summed E-state index contributed by atoms with van der Waals surface area (Å²) in [5.41, 5.74) is 11.4. The molecule has 3 heterocycles. The molecule has 7 heteroatoms. The predicted molar refractivity (Wildman–Crippen MR) is 131 cm³/mol. The van der Waals surface area contributed by atoms with E-state index in [9.17, 15) is 10.1 Å². The molecule has 4 rings (SSSR count). The number of nitrogens with one attached hydrogen (secondary N) is 1. The Kier molecular flexibility index (Phi) is 6.87. The summed E-state index contributed by atoms with van der Waals surface area (Å²) in [5.74, 6) is 0.206. The van der Waals surface area contributed by atoms with Gasteiger partial charge in [0.25, 0.3) is 0 Å². The number of pyridine rings is 1. The summed E-state index contributed by atoms with van der Waals surface area (Å²) in [6.07, 6.45) is 5.80. The smallest absolute Gasteiger partial charge is 0.248 e. The first-order valence-corrected chi connectivity index (χ1v) is 11.4. The largest absolute Gasteiger partial charge is 0.332 e. The number of hydrogen-bond donors (Lipinski definition) is 2. The van der Waals surface area contributed by atoms with Crippen LogP contribution in [-0.4, -0.2) is 39.5 Å². The van der Waals surface area contributed by atoms with Crippen molar-refractivity contribution in [3.8, 4) is 6.07 Å². The highest BCUT2D eigenvalue weighted by molar-refractivity contribution is 5.98. The Morgan fingerprint density at radius 2 is 2.12 bits per heavy atom. The first kappa shape index (κ1) is 22.7. The van der Waals surface area contributed by atoms with E-state index in [2.05, 4.69) is 51.5 Å². The summed E-state index contributed by atoms with van der Waals surface area (Å²) in [7, 11) is 0. The third-order valence-corrected chi connectivity index (χ3v) is 6.49. The van der Waals surface area contributed by atoms with Crippen LogP contribution in [0, 0.1) is 18.3 Å². The van der Waals surface area contributed by atoms with Crippen molar-refractivity contribution in [2.75, 3.05) is 18.4 Å². The van der Waals surface area contributed by atoms with E-state index in [-0.39, 0.29) is 5.91 Å². The summed E-state index contributed by atoms with van der Waals surface area (Å²) < 4.78 is 2.08. The van der Waals surface area contributed by atoms with Gasteiger partial charge in [0.1, 0.15) is 17.6 Å². The maximum Gasteiger partial charge on any atom is 0.248 e. The quantitative estimate of drug-likeness (QED) is 0.546. The normalized spacial score (nSPS) is 14.8. The van der Waals surface area contributed by atoms with Gasteiger partial charge in [-0.15, -0.1) is 0 Å². The number of amides is 1. The second kappa shape index (κ2) is 9.99. The Bertz CT molecular complexity index is 1200.